The summed E-state index contributed by atoms with van der Waals surface area (Å²) in [5.41, 5.74) is 5.29. The van der Waals surface area contributed by atoms with E-state index in [4.69, 9.17) is 5.73 Å². The largest absolute Gasteiger partial charge is 0.369 e. The Hall–Kier alpha value is -0.570. The third kappa shape index (κ3) is 4.65. The summed E-state index contributed by atoms with van der Waals surface area (Å²) < 4.78 is 0. The second-order valence-electron chi connectivity index (χ2n) is 5.06. The molecule has 0 atom stereocenters. The van der Waals surface area contributed by atoms with E-state index in [1.54, 1.807) is 0 Å². The van der Waals surface area contributed by atoms with Crippen molar-refractivity contribution >= 4 is 5.91 Å². The summed E-state index contributed by atoms with van der Waals surface area (Å²) >= 11 is 0. The van der Waals surface area contributed by atoms with Gasteiger partial charge in [-0.1, -0.05) is 26.7 Å². The van der Waals surface area contributed by atoms with Gasteiger partial charge in [-0.2, -0.15) is 0 Å². The van der Waals surface area contributed by atoms with E-state index in [2.05, 4.69) is 18.7 Å². The fourth-order valence-electron chi connectivity index (χ4n) is 2.28. The molecule has 15 heavy (non-hydrogen) atoms. The zero-order chi connectivity index (χ0) is 11.3. The highest BCUT2D eigenvalue weighted by Gasteiger charge is 2.23. The number of carbonyl (C=O) groups is 1. The van der Waals surface area contributed by atoms with Crippen molar-refractivity contribution in [2.24, 2.45) is 11.7 Å². The third-order valence-electron chi connectivity index (χ3n) is 3.19. The lowest BCUT2D eigenvalue weighted by atomic mass is 10.1. The molecule has 1 aliphatic rings. The van der Waals surface area contributed by atoms with Crippen molar-refractivity contribution in [2.45, 2.75) is 52.0 Å². The number of hydrogen-bond acceptors (Lipinski definition) is 2. The van der Waals surface area contributed by atoms with Crippen molar-refractivity contribution in [1.82, 2.24) is 4.90 Å². The molecule has 1 rings (SSSR count). The summed E-state index contributed by atoms with van der Waals surface area (Å²) in [6.07, 6.45) is 6.25. The lowest BCUT2D eigenvalue weighted by Gasteiger charge is -2.28. The van der Waals surface area contributed by atoms with Crippen LogP contribution in [-0.2, 0) is 4.79 Å². The predicted octanol–water partition coefficient (Wildman–Crippen LogP) is 1.76. The molecule has 0 unspecified atom stereocenters. The molecule has 2 N–H and O–H groups in total. The van der Waals surface area contributed by atoms with Crippen molar-refractivity contribution < 1.29 is 4.79 Å². The molecule has 1 aliphatic carbocycles. The standard InChI is InChI=1S/C12H24N2O/c1-10(2)7-8-14(9-12(13)15)11-5-3-4-6-11/h10-11H,3-9H2,1-2H3,(H2,13,15). The number of primary amides is 1. The van der Waals surface area contributed by atoms with E-state index >= 15 is 0 Å². The monoisotopic (exact) mass is 212 g/mol. The number of rotatable bonds is 6. The smallest absolute Gasteiger partial charge is 0.231 e. The topological polar surface area (TPSA) is 46.3 Å². The van der Waals surface area contributed by atoms with Gasteiger partial charge < -0.3 is 5.73 Å². The molecular weight excluding hydrogens is 188 g/mol. The lowest BCUT2D eigenvalue weighted by Crippen LogP contribution is -2.40. The Balaban J connectivity index is 2.40. The maximum atomic E-state index is 11.0. The van der Waals surface area contributed by atoms with Crippen LogP contribution >= 0.6 is 0 Å². The first-order valence-electron chi connectivity index (χ1n) is 6.12. The van der Waals surface area contributed by atoms with Gasteiger partial charge in [-0.3, -0.25) is 9.69 Å². The molecule has 3 nitrogen and oxygen atoms in total. The summed E-state index contributed by atoms with van der Waals surface area (Å²) in [7, 11) is 0. The first kappa shape index (κ1) is 12.5. The summed E-state index contributed by atoms with van der Waals surface area (Å²) in [5.74, 6) is 0.507. The second-order valence-corrected chi connectivity index (χ2v) is 5.06. The molecule has 0 bridgehead atoms. The zero-order valence-corrected chi connectivity index (χ0v) is 10.0. The number of nitrogens with zero attached hydrogens (tertiary/aromatic N) is 1. The quantitative estimate of drug-likeness (QED) is 0.729. The van der Waals surface area contributed by atoms with Crippen LogP contribution in [0.4, 0.5) is 0 Å². The number of nitrogens with two attached hydrogens (primary N) is 1. The van der Waals surface area contributed by atoms with Crippen LogP contribution in [0.2, 0.25) is 0 Å². The van der Waals surface area contributed by atoms with Crippen LogP contribution in [0.5, 0.6) is 0 Å². The SMILES string of the molecule is CC(C)CCN(CC(N)=O)C1CCCC1. The molecule has 1 fully saturated rings. The van der Waals surface area contributed by atoms with Crippen LogP contribution in [0, 0.1) is 5.92 Å². The Kier molecular flexibility index (Phi) is 5.09. The van der Waals surface area contributed by atoms with Gasteiger partial charge in [-0.05, 0) is 31.7 Å². The normalized spacial score (nSPS) is 17.9. The number of amides is 1. The maximum Gasteiger partial charge on any atom is 0.231 e. The highest BCUT2D eigenvalue weighted by Crippen LogP contribution is 2.23. The Morgan fingerprint density at radius 2 is 2.00 bits per heavy atom. The molecule has 0 heterocycles. The van der Waals surface area contributed by atoms with E-state index in [-0.39, 0.29) is 5.91 Å². The zero-order valence-electron chi connectivity index (χ0n) is 10.0. The van der Waals surface area contributed by atoms with Gasteiger partial charge in [0.25, 0.3) is 0 Å². The van der Waals surface area contributed by atoms with Gasteiger partial charge in [0.05, 0.1) is 6.54 Å². The van der Waals surface area contributed by atoms with Gasteiger partial charge >= 0.3 is 0 Å². The molecule has 0 aromatic heterocycles. The van der Waals surface area contributed by atoms with E-state index < -0.39 is 0 Å². The van der Waals surface area contributed by atoms with E-state index in [1.165, 1.54) is 25.7 Å². The molecule has 88 valence electrons. The Morgan fingerprint density at radius 3 is 2.47 bits per heavy atom. The summed E-state index contributed by atoms with van der Waals surface area (Å²) in [6, 6.07) is 0.608. The van der Waals surface area contributed by atoms with Crippen molar-refractivity contribution in [3.8, 4) is 0 Å². The molecule has 0 spiro atoms. The second kappa shape index (κ2) is 6.11. The molecule has 0 radical (unpaired) electrons. The van der Waals surface area contributed by atoms with Crippen LogP contribution < -0.4 is 5.73 Å². The van der Waals surface area contributed by atoms with E-state index in [0.29, 0.717) is 18.5 Å². The van der Waals surface area contributed by atoms with Crippen LogP contribution in [0.3, 0.4) is 0 Å². The lowest BCUT2D eigenvalue weighted by molar-refractivity contribution is -0.119. The molecule has 1 amide bonds. The van der Waals surface area contributed by atoms with Gasteiger partial charge in [-0.25, -0.2) is 0 Å². The summed E-state index contributed by atoms with van der Waals surface area (Å²) in [5, 5.41) is 0. The summed E-state index contributed by atoms with van der Waals surface area (Å²) in [4.78, 5) is 13.3. The van der Waals surface area contributed by atoms with Gasteiger partial charge in [0.1, 0.15) is 0 Å². The number of carbonyl (C=O) groups excluding carboxylic acids is 1. The predicted molar refractivity (Wildman–Crippen MR) is 62.5 cm³/mol. The maximum absolute atomic E-state index is 11.0. The molecule has 0 aromatic carbocycles. The van der Waals surface area contributed by atoms with Crippen LogP contribution in [0.15, 0.2) is 0 Å². The van der Waals surface area contributed by atoms with Crippen LogP contribution in [0.25, 0.3) is 0 Å². The molecule has 0 aromatic rings. The van der Waals surface area contributed by atoms with Crippen molar-refractivity contribution in [2.75, 3.05) is 13.1 Å². The van der Waals surface area contributed by atoms with Crippen molar-refractivity contribution in [3.05, 3.63) is 0 Å². The van der Waals surface area contributed by atoms with Crippen LogP contribution in [-0.4, -0.2) is 29.9 Å². The summed E-state index contributed by atoms with van der Waals surface area (Å²) in [6.45, 7) is 5.90. The fourth-order valence-corrected chi connectivity index (χ4v) is 2.28. The first-order valence-corrected chi connectivity index (χ1v) is 6.12. The molecular formula is C12H24N2O. The minimum Gasteiger partial charge on any atom is -0.369 e. The molecule has 0 saturated heterocycles. The van der Waals surface area contributed by atoms with Gasteiger partial charge in [0.2, 0.25) is 5.91 Å². The van der Waals surface area contributed by atoms with E-state index in [1.807, 2.05) is 0 Å². The average molecular weight is 212 g/mol. The Bertz CT molecular complexity index is 198. The highest BCUT2D eigenvalue weighted by atomic mass is 16.1. The first-order chi connectivity index (χ1) is 7.09. The van der Waals surface area contributed by atoms with Crippen LogP contribution in [0.1, 0.15) is 46.0 Å². The Labute approximate surface area is 93.0 Å². The fraction of sp³-hybridized carbons (Fsp3) is 0.917. The molecule has 1 saturated carbocycles. The van der Waals surface area contributed by atoms with E-state index in [9.17, 15) is 4.79 Å². The third-order valence-corrected chi connectivity index (χ3v) is 3.19. The van der Waals surface area contributed by atoms with Gasteiger partial charge in [-0.15, -0.1) is 0 Å². The molecule has 0 aliphatic heterocycles. The van der Waals surface area contributed by atoms with E-state index in [0.717, 1.165) is 13.0 Å². The van der Waals surface area contributed by atoms with Crippen molar-refractivity contribution in [3.63, 3.8) is 0 Å². The average Bonchev–Trinajstić information content (AvgIpc) is 2.63. The van der Waals surface area contributed by atoms with Gasteiger partial charge in [0, 0.05) is 6.04 Å². The van der Waals surface area contributed by atoms with Crippen molar-refractivity contribution in [1.29, 1.82) is 0 Å². The van der Waals surface area contributed by atoms with Gasteiger partial charge in [0.15, 0.2) is 0 Å². The highest BCUT2D eigenvalue weighted by molar-refractivity contribution is 5.75. The number of hydrogen-bond donors (Lipinski definition) is 1. The minimum atomic E-state index is -0.189. The Morgan fingerprint density at radius 1 is 1.40 bits per heavy atom. The minimum absolute atomic E-state index is 0.189. The molecule has 3 heteroatoms.